The second kappa shape index (κ2) is 6.26. The minimum absolute atomic E-state index is 0.189. The van der Waals surface area contributed by atoms with E-state index in [0.29, 0.717) is 18.9 Å². The standard InChI is InChI=1S/C14H24N2O3/c1-10-5-4-6-11(9-10)15-14(19)16-8-3-2-7-12(16)13(17)18/h10-12H,2-9H2,1H3,(H,15,19)(H,17,18). The summed E-state index contributed by atoms with van der Waals surface area (Å²) in [6.07, 6.45) is 6.77. The van der Waals surface area contributed by atoms with Gasteiger partial charge in [-0.05, 0) is 38.0 Å². The number of carbonyl (C=O) groups excluding carboxylic acids is 1. The Morgan fingerprint density at radius 1 is 1.16 bits per heavy atom. The van der Waals surface area contributed by atoms with E-state index < -0.39 is 12.0 Å². The maximum Gasteiger partial charge on any atom is 0.326 e. The first kappa shape index (κ1) is 14.2. The molecule has 1 aliphatic carbocycles. The monoisotopic (exact) mass is 268 g/mol. The summed E-state index contributed by atoms with van der Waals surface area (Å²) in [7, 11) is 0. The lowest BCUT2D eigenvalue weighted by Gasteiger charge is -2.35. The van der Waals surface area contributed by atoms with Gasteiger partial charge in [0.05, 0.1) is 0 Å². The molecule has 19 heavy (non-hydrogen) atoms. The number of carboxylic acid groups (broad SMARTS) is 1. The van der Waals surface area contributed by atoms with Gasteiger partial charge in [-0.1, -0.05) is 19.8 Å². The predicted molar refractivity (Wildman–Crippen MR) is 71.9 cm³/mol. The Morgan fingerprint density at radius 2 is 1.95 bits per heavy atom. The molecule has 2 rings (SSSR count). The molecule has 0 aromatic heterocycles. The number of carboxylic acids is 1. The van der Waals surface area contributed by atoms with Crippen LogP contribution in [0.3, 0.4) is 0 Å². The van der Waals surface area contributed by atoms with Gasteiger partial charge in [0.25, 0.3) is 0 Å². The Kier molecular flexibility index (Phi) is 4.66. The van der Waals surface area contributed by atoms with Crippen molar-refractivity contribution in [3.8, 4) is 0 Å². The largest absolute Gasteiger partial charge is 0.480 e. The quantitative estimate of drug-likeness (QED) is 0.806. The highest BCUT2D eigenvalue weighted by Gasteiger charge is 2.33. The average Bonchev–Trinajstić information content (AvgIpc) is 2.38. The molecule has 1 heterocycles. The number of hydrogen-bond donors (Lipinski definition) is 2. The topological polar surface area (TPSA) is 69.6 Å². The van der Waals surface area contributed by atoms with Crippen molar-refractivity contribution >= 4 is 12.0 Å². The van der Waals surface area contributed by atoms with E-state index in [1.807, 2.05) is 0 Å². The zero-order valence-corrected chi connectivity index (χ0v) is 11.6. The molecular weight excluding hydrogens is 244 g/mol. The van der Waals surface area contributed by atoms with E-state index in [9.17, 15) is 14.7 Å². The van der Waals surface area contributed by atoms with E-state index in [1.54, 1.807) is 0 Å². The average molecular weight is 268 g/mol. The lowest BCUT2D eigenvalue weighted by atomic mass is 9.87. The van der Waals surface area contributed by atoms with Crippen LogP contribution in [0.5, 0.6) is 0 Å². The van der Waals surface area contributed by atoms with E-state index in [2.05, 4.69) is 12.2 Å². The Morgan fingerprint density at radius 3 is 2.63 bits per heavy atom. The molecule has 5 nitrogen and oxygen atoms in total. The van der Waals surface area contributed by atoms with Gasteiger partial charge >= 0.3 is 12.0 Å². The SMILES string of the molecule is CC1CCCC(NC(=O)N2CCCCC2C(=O)O)C1. The second-order valence-electron chi connectivity index (χ2n) is 5.96. The van der Waals surface area contributed by atoms with Gasteiger partial charge in [-0.2, -0.15) is 0 Å². The van der Waals surface area contributed by atoms with Gasteiger partial charge in [-0.3, -0.25) is 0 Å². The Hall–Kier alpha value is -1.26. The maximum absolute atomic E-state index is 12.2. The first-order valence-corrected chi connectivity index (χ1v) is 7.38. The van der Waals surface area contributed by atoms with Crippen LogP contribution in [0, 0.1) is 5.92 Å². The highest BCUT2D eigenvalue weighted by atomic mass is 16.4. The van der Waals surface area contributed by atoms with Gasteiger partial charge in [0, 0.05) is 12.6 Å². The highest BCUT2D eigenvalue weighted by Crippen LogP contribution is 2.24. The lowest BCUT2D eigenvalue weighted by molar-refractivity contribution is -0.143. The van der Waals surface area contributed by atoms with Crippen molar-refractivity contribution in [1.29, 1.82) is 0 Å². The minimum Gasteiger partial charge on any atom is -0.480 e. The van der Waals surface area contributed by atoms with Gasteiger partial charge in [0.15, 0.2) is 0 Å². The first-order chi connectivity index (χ1) is 9.08. The van der Waals surface area contributed by atoms with Crippen molar-refractivity contribution < 1.29 is 14.7 Å². The highest BCUT2D eigenvalue weighted by molar-refractivity contribution is 5.83. The minimum atomic E-state index is -0.883. The molecule has 3 atom stereocenters. The number of piperidine rings is 1. The van der Waals surface area contributed by atoms with Crippen LogP contribution in [0.2, 0.25) is 0 Å². The van der Waals surface area contributed by atoms with Gasteiger partial charge in [0.2, 0.25) is 0 Å². The van der Waals surface area contributed by atoms with Crippen LogP contribution in [0.1, 0.15) is 51.9 Å². The molecule has 1 aliphatic heterocycles. The summed E-state index contributed by atoms with van der Waals surface area (Å²) in [6.45, 7) is 2.77. The molecular formula is C14H24N2O3. The second-order valence-corrected chi connectivity index (χ2v) is 5.96. The number of likely N-dealkylation sites (tertiary alicyclic amines) is 1. The number of urea groups is 1. The van der Waals surface area contributed by atoms with E-state index in [4.69, 9.17) is 0 Å². The summed E-state index contributed by atoms with van der Waals surface area (Å²) in [5.74, 6) is -0.234. The van der Waals surface area contributed by atoms with Crippen LogP contribution >= 0.6 is 0 Å². The van der Waals surface area contributed by atoms with Crippen molar-refractivity contribution in [1.82, 2.24) is 10.2 Å². The van der Waals surface area contributed by atoms with Gasteiger partial charge < -0.3 is 15.3 Å². The molecule has 0 spiro atoms. The summed E-state index contributed by atoms with van der Waals surface area (Å²) >= 11 is 0. The summed E-state index contributed by atoms with van der Waals surface area (Å²) in [5, 5.41) is 12.2. The van der Waals surface area contributed by atoms with E-state index in [1.165, 1.54) is 11.3 Å². The molecule has 5 heteroatoms. The fraction of sp³-hybridized carbons (Fsp3) is 0.857. The van der Waals surface area contributed by atoms with Crippen molar-refractivity contribution in [2.24, 2.45) is 5.92 Å². The van der Waals surface area contributed by atoms with Crippen LogP contribution < -0.4 is 5.32 Å². The molecule has 0 bridgehead atoms. The maximum atomic E-state index is 12.2. The number of aliphatic carboxylic acids is 1. The third-order valence-electron chi connectivity index (χ3n) is 4.31. The fourth-order valence-electron chi connectivity index (χ4n) is 3.25. The Labute approximate surface area is 114 Å². The first-order valence-electron chi connectivity index (χ1n) is 7.38. The summed E-state index contributed by atoms with van der Waals surface area (Å²) < 4.78 is 0. The molecule has 2 aliphatic rings. The number of nitrogens with zero attached hydrogens (tertiary/aromatic N) is 1. The van der Waals surface area contributed by atoms with Crippen molar-refractivity contribution in [3.63, 3.8) is 0 Å². The van der Waals surface area contributed by atoms with Crippen molar-refractivity contribution in [2.75, 3.05) is 6.54 Å². The molecule has 108 valence electrons. The zero-order chi connectivity index (χ0) is 13.8. The predicted octanol–water partition coefficient (Wildman–Crippen LogP) is 2.21. The summed E-state index contributed by atoms with van der Waals surface area (Å²) in [4.78, 5) is 24.9. The van der Waals surface area contributed by atoms with Crippen LogP contribution in [-0.4, -0.2) is 40.6 Å². The van der Waals surface area contributed by atoms with E-state index >= 15 is 0 Å². The third kappa shape index (κ3) is 3.61. The third-order valence-corrected chi connectivity index (χ3v) is 4.31. The normalized spacial score (nSPS) is 31.8. The zero-order valence-electron chi connectivity index (χ0n) is 11.6. The van der Waals surface area contributed by atoms with Crippen LogP contribution in [-0.2, 0) is 4.79 Å². The number of hydrogen-bond acceptors (Lipinski definition) is 2. The molecule has 2 N–H and O–H groups in total. The van der Waals surface area contributed by atoms with Crippen molar-refractivity contribution in [3.05, 3.63) is 0 Å². The smallest absolute Gasteiger partial charge is 0.326 e. The molecule has 0 aromatic carbocycles. The molecule has 0 radical (unpaired) electrons. The Bertz CT molecular complexity index is 346. The van der Waals surface area contributed by atoms with Gasteiger partial charge in [-0.15, -0.1) is 0 Å². The number of amides is 2. The van der Waals surface area contributed by atoms with Crippen LogP contribution in [0.25, 0.3) is 0 Å². The number of rotatable bonds is 2. The summed E-state index contributed by atoms with van der Waals surface area (Å²) in [6, 6.07) is -0.617. The Balaban J connectivity index is 1.92. The van der Waals surface area contributed by atoms with Gasteiger partial charge in [0.1, 0.15) is 6.04 Å². The molecule has 0 aromatic rings. The molecule has 1 saturated heterocycles. The van der Waals surface area contributed by atoms with Crippen molar-refractivity contribution in [2.45, 2.75) is 64.0 Å². The number of nitrogens with one attached hydrogen (secondary N) is 1. The van der Waals surface area contributed by atoms with Gasteiger partial charge in [-0.25, -0.2) is 9.59 Å². The number of carbonyl (C=O) groups is 2. The van der Waals surface area contributed by atoms with E-state index in [0.717, 1.165) is 32.1 Å². The van der Waals surface area contributed by atoms with Crippen LogP contribution in [0.4, 0.5) is 4.79 Å². The molecule has 2 fully saturated rings. The van der Waals surface area contributed by atoms with Crippen LogP contribution in [0.15, 0.2) is 0 Å². The molecule has 2 amide bonds. The molecule has 1 saturated carbocycles. The summed E-state index contributed by atoms with van der Waals surface area (Å²) in [5.41, 5.74) is 0. The lowest BCUT2D eigenvalue weighted by Crippen LogP contribution is -2.54. The fourth-order valence-corrected chi connectivity index (χ4v) is 3.25. The van der Waals surface area contributed by atoms with E-state index in [-0.39, 0.29) is 12.1 Å². The molecule has 3 unspecified atom stereocenters.